The predicted octanol–water partition coefficient (Wildman–Crippen LogP) is 2.79. The van der Waals surface area contributed by atoms with Gasteiger partial charge in [0.25, 0.3) is 0 Å². The molecule has 0 spiro atoms. The molecule has 0 bridgehead atoms. The molecule has 0 N–H and O–H groups in total. The number of benzene rings is 1. The van der Waals surface area contributed by atoms with Crippen LogP contribution in [0.3, 0.4) is 0 Å². The number of nitrogens with zero attached hydrogens (tertiary/aromatic N) is 5. The van der Waals surface area contributed by atoms with Gasteiger partial charge < -0.3 is 9.80 Å². The first-order chi connectivity index (χ1) is 12.4. The molecule has 2 aliphatic rings. The van der Waals surface area contributed by atoms with Crippen molar-refractivity contribution in [2.45, 2.75) is 25.8 Å². The molecule has 132 valence electrons. The summed E-state index contributed by atoms with van der Waals surface area (Å²) in [5.74, 6) is 1.99. The number of rotatable bonds is 4. The van der Waals surface area contributed by atoms with Gasteiger partial charge in [-0.05, 0) is 30.9 Å². The van der Waals surface area contributed by atoms with E-state index in [1.54, 1.807) is 0 Å². The number of anilines is 2. The molecule has 0 radical (unpaired) electrons. The first-order valence-corrected chi connectivity index (χ1v) is 9.48. The summed E-state index contributed by atoms with van der Waals surface area (Å²) < 4.78 is 0. The maximum atomic E-state index is 4.85. The second kappa shape index (κ2) is 7.83. The van der Waals surface area contributed by atoms with Crippen molar-refractivity contribution in [1.82, 2.24) is 14.9 Å². The Morgan fingerprint density at radius 2 is 1.52 bits per heavy atom. The molecule has 0 aliphatic carbocycles. The van der Waals surface area contributed by atoms with Crippen LogP contribution >= 0.6 is 0 Å². The Labute approximate surface area is 150 Å². The Kier molecular flexibility index (Phi) is 5.11. The van der Waals surface area contributed by atoms with Crippen LogP contribution in [-0.2, 0) is 6.54 Å². The average Bonchev–Trinajstić information content (AvgIpc) is 2.70. The molecule has 1 aromatic heterocycles. The van der Waals surface area contributed by atoms with Gasteiger partial charge in [-0.25, -0.2) is 4.98 Å². The molecule has 3 heterocycles. The molecule has 0 unspecified atom stereocenters. The van der Waals surface area contributed by atoms with Crippen molar-refractivity contribution in [2.24, 2.45) is 0 Å². The van der Waals surface area contributed by atoms with E-state index in [-0.39, 0.29) is 0 Å². The van der Waals surface area contributed by atoms with E-state index in [0.717, 1.165) is 57.6 Å². The normalized spacial score (nSPS) is 19.2. The van der Waals surface area contributed by atoms with Gasteiger partial charge >= 0.3 is 0 Å². The van der Waals surface area contributed by atoms with Crippen LogP contribution < -0.4 is 9.80 Å². The first-order valence-electron chi connectivity index (χ1n) is 9.48. The highest BCUT2D eigenvalue weighted by atomic mass is 15.3. The van der Waals surface area contributed by atoms with Gasteiger partial charge in [-0.3, -0.25) is 4.90 Å². The Bertz CT molecular complexity index is 661. The van der Waals surface area contributed by atoms with E-state index in [2.05, 4.69) is 56.1 Å². The van der Waals surface area contributed by atoms with E-state index in [0.29, 0.717) is 0 Å². The Morgan fingerprint density at radius 3 is 2.28 bits per heavy atom. The van der Waals surface area contributed by atoms with E-state index < -0.39 is 0 Å². The summed E-state index contributed by atoms with van der Waals surface area (Å²) >= 11 is 0. The third-order valence-corrected chi connectivity index (χ3v) is 5.21. The van der Waals surface area contributed by atoms with Gasteiger partial charge in [-0.15, -0.1) is 0 Å². The molecule has 5 nitrogen and oxygen atoms in total. The summed E-state index contributed by atoms with van der Waals surface area (Å²) in [7, 11) is 0. The number of hydrogen-bond acceptors (Lipinski definition) is 5. The summed E-state index contributed by atoms with van der Waals surface area (Å²) in [4.78, 5) is 16.6. The van der Waals surface area contributed by atoms with Crippen LogP contribution in [0.25, 0.3) is 0 Å². The van der Waals surface area contributed by atoms with Gasteiger partial charge in [-0.1, -0.05) is 30.3 Å². The quantitative estimate of drug-likeness (QED) is 0.857. The van der Waals surface area contributed by atoms with Gasteiger partial charge in [0, 0.05) is 52.0 Å². The van der Waals surface area contributed by atoms with Crippen molar-refractivity contribution in [3.8, 4) is 0 Å². The van der Waals surface area contributed by atoms with E-state index in [1.165, 1.54) is 24.8 Å². The van der Waals surface area contributed by atoms with Crippen LogP contribution in [0.5, 0.6) is 0 Å². The van der Waals surface area contributed by atoms with Crippen LogP contribution in [0.4, 0.5) is 11.8 Å². The lowest BCUT2D eigenvalue weighted by molar-refractivity contribution is 0.249. The van der Waals surface area contributed by atoms with Crippen molar-refractivity contribution in [1.29, 1.82) is 0 Å². The van der Waals surface area contributed by atoms with E-state index >= 15 is 0 Å². The minimum Gasteiger partial charge on any atom is -0.354 e. The highest BCUT2D eigenvalue weighted by Gasteiger charge is 2.20. The molecule has 4 rings (SSSR count). The van der Waals surface area contributed by atoms with Crippen molar-refractivity contribution in [2.75, 3.05) is 49.1 Å². The van der Waals surface area contributed by atoms with Crippen LogP contribution in [0.2, 0.25) is 0 Å². The first kappa shape index (κ1) is 16.3. The summed E-state index contributed by atoms with van der Waals surface area (Å²) in [5.41, 5.74) is 1.39. The minimum atomic E-state index is 0.906. The van der Waals surface area contributed by atoms with Crippen LogP contribution in [0.1, 0.15) is 24.8 Å². The minimum absolute atomic E-state index is 0.906. The monoisotopic (exact) mass is 337 g/mol. The molecule has 0 saturated carbocycles. The average molecular weight is 337 g/mol. The Hall–Kier alpha value is -2.14. The number of aromatic nitrogens is 2. The lowest BCUT2D eigenvalue weighted by Crippen LogP contribution is -2.46. The fourth-order valence-electron chi connectivity index (χ4n) is 3.74. The van der Waals surface area contributed by atoms with Crippen molar-refractivity contribution < 1.29 is 0 Å². The molecule has 2 aromatic rings. The van der Waals surface area contributed by atoms with Gasteiger partial charge in [0.1, 0.15) is 5.82 Å². The molecule has 0 atom stereocenters. The predicted molar refractivity (Wildman–Crippen MR) is 102 cm³/mol. The molecular formula is C20H27N5. The van der Waals surface area contributed by atoms with Gasteiger partial charge in [0.05, 0.1) is 0 Å². The highest BCUT2D eigenvalue weighted by Crippen LogP contribution is 2.20. The maximum Gasteiger partial charge on any atom is 0.227 e. The zero-order valence-corrected chi connectivity index (χ0v) is 14.8. The second-order valence-electron chi connectivity index (χ2n) is 7.01. The zero-order valence-electron chi connectivity index (χ0n) is 14.8. The fraction of sp³-hybridized carbons (Fsp3) is 0.500. The fourth-order valence-corrected chi connectivity index (χ4v) is 3.74. The van der Waals surface area contributed by atoms with E-state index in [4.69, 9.17) is 4.98 Å². The third-order valence-electron chi connectivity index (χ3n) is 5.21. The number of piperidine rings is 1. The van der Waals surface area contributed by atoms with Gasteiger partial charge in [0.15, 0.2) is 0 Å². The van der Waals surface area contributed by atoms with Crippen molar-refractivity contribution in [3.05, 3.63) is 48.2 Å². The maximum absolute atomic E-state index is 4.85. The Morgan fingerprint density at radius 1 is 0.760 bits per heavy atom. The molecule has 1 aromatic carbocycles. The lowest BCUT2D eigenvalue weighted by Gasteiger charge is -2.36. The Balaban J connectivity index is 1.36. The topological polar surface area (TPSA) is 35.5 Å². The second-order valence-corrected chi connectivity index (χ2v) is 7.01. The number of hydrogen-bond donors (Lipinski definition) is 0. The highest BCUT2D eigenvalue weighted by molar-refractivity contribution is 5.44. The summed E-state index contributed by atoms with van der Waals surface area (Å²) in [5, 5.41) is 0. The van der Waals surface area contributed by atoms with Crippen LogP contribution in [0.15, 0.2) is 42.6 Å². The molecule has 2 saturated heterocycles. The van der Waals surface area contributed by atoms with Gasteiger partial charge in [0.2, 0.25) is 5.95 Å². The van der Waals surface area contributed by atoms with Crippen LogP contribution in [0, 0.1) is 0 Å². The summed E-state index contributed by atoms with van der Waals surface area (Å²) in [6, 6.07) is 12.8. The number of piperazine rings is 1. The smallest absolute Gasteiger partial charge is 0.227 e. The van der Waals surface area contributed by atoms with Gasteiger partial charge in [-0.2, -0.15) is 4.98 Å². The van der Waals surface area contributed by atoms with E-state index in [1.807, 2.05) is 6.20 Å². The molecule has 2 fully saturated rings. The largest absolute Gasteiger partial charge is 0.354 e. The zero-order chi connectivity index (χ0) is 16.9. The van der Waals surface area contributed by atoms with Crippen molar-refractivity contribution >= 4 is 11.8 Å². The molecule has 2 aliphatic heterocycles. The lowest BCUT2D eigenvalue weighted by atomic mass is 10.1. The standard InChI is InChI=1S/C20H27N5/c1-3-7-18(8-4-1)17-23-13-15-24(16-14-23)19-9-10-21-20(22-19)25-11-5-2-6-12-25/h1,3-4,7-10H,2,5-6,11-17H2. The van der Waals surface area contributed by atoms with E-state index in [9.17, 15) is 0 Å². The van der Waals surface area contributed by atoms with Crippen LogP contribution in [-0.4, -0.2) is 54.1 Å². The third kappa shape index (κ3) is 4.10. The SMILES string of the molecule is c1ccc(CN2CCN(c3ccnc(N4CCCCC4)n3)CC2)cc1. The summed E-state index contributed by atoms with van der Waals surface area (Å²) in [6.07, 6.45) is 5.76. The summed E-state index contributed by atoms with van der Waals surface area (Å²) in [6.45, 7) is 7.45. The molecule has 0 amide bonds. The molecular weight excluding hydrogens is 310 g/mol. The molecule has 25 heavy (non-hydrogen) atoms. The van der Waals surface area contributed by atoms with Crippen molar-refractivity contribution in [3.63, 3.8) is 0 Å². The molecule has 5 heteroatoms.